The van der Waals surface area contributed by atoms with E-state index in [1.54, 1.807) is 50.2 Å². The Morgan fingerprint density at radius 2 is 1.68 bits per heavy atom. The standard InChI is InChI=1S/C27H21ClN4O6/c1-14-23(29-27(35)36-15(2)18-5-3-4-6-21(18)28)26(37-30-14)20-12-11-19(24-25(20)32-38-31-24)17-9-7-16(8-10-17)13-22(33)34/h3-12,15H,13H2,1-2H3,(H,29,35)(H,33,34). The minimum atomic E-state index is -0.904. The Hall–Kier alpha value is -4.70. The molecule has 11 heteroatoms. The normalized spacial score (nSPS) is 11.9. The van der Waals surface area contributed by atoms with Crippen molar-refractivity contribution < 1.29 is 28.6 Å². The molecule has 1 amide bonds. The summed E-state index contributed by atoms with van der Waals surface area (Å²) in [4.78, 5) is 23.7. The summed E-state index contributed by atoms with van der Waals surface area (Å²) in [6.07, 6.45) is -1.38. The first kappa shape index (κ1) is 25.0. The van der Waals surface area contributed by atoms with E-state index in [9.17, 15) is 9.59 Å². The van der Waals surface area contributed by atoms with Crippen LogP contribution in [-0.4, -0.2) is 32.6 Å². The number of carbonyl (C=O) groups is 2. The van der Waals surface area contributed by atoms with Crippen LogP contribution in [0.3, 0.4) is 0 Å². The number of carboxylic acid groups (broad SMARTS) is 1. The highest BCUT2D eigenvalue weighted by Gasteiger charge is 2.24. The SMILES string of the molecule is Cc1noc(-c2ccc(-c3ccc(CC(=O)O)cc3)c3nonc23)c1NC(=O)OC(C)c1ccccc1Cl. The van der Waals surface area contributed by atoms with Gasteiger partial charge < -0.3 is 14.4 Å². The minimum absolute atomic E-state index is 0.0691. The van der Waals surface area contributed by atoms with Crippen molar-refractivity contribution in [3.8, 4) is 22.5 Å². The van der Waals surface area contributed by atoms with Gasteiger partial charge in [-0.05, 0) is 47.4 Å². The van der Waals surface area contributed by atoms with Crippen molar-refractivity contribution in [3.63, 3.8) is 0 Å². The van der Waals surface area contributed by atoms with Gasteiger partial charge in [-0.3, -0.25) is 10.1 Å². The van der Waals surface area contributed by atoms with E-state index in [4.69, 9.17) is 30.6 Å². The molecule has 3 aromatic carbocycles. The van der Waals surface area contributed by atoms with E-state index in [-0.39, 0.29) is 12.2 Å². The first-order valence-electron chi connectivity index (χ1n) is 11.6. The summed E-state index contributed by atoms with van der Waals surface area (Å²) in [5.41, 5.74) is 4.99. The van der Waals surface area contributed by atoms with Crippen molar-refractivity contribution in [2.24, 2.45) is 0 Å². The number of rotatable bonds is 7. The predicted molar refractivity (Wildman–Crippen MR) is 139 cm³/mol. The van der Waals surface area contributed by atoms with Crippen LogP contribution in [0.2, 0.25) is 5.02 Å². The highest BCUT2D eigenvalue weighted by molar-refractivity contribution is 6.31. The summed E-state index contributed by atoms with van der Waals surface area (Å²) in [6.45, 7) is 3.41. The van der Waals surface area contributed by atoms with Gasteiger partial charge in [-0.15, -0.1) is 0 Å². The Morgan fingerprint density at radius 3 is 2.39 bits per heavy atom. The van der Waals surface area contributed by atoms with Crippen molar-refractivity contribution in [1.82, 2.24) is 15.5 Å². The maximum atomic E-state index is 12.8. The van der Waals surface area contributed by atoms with Gasteiger partial charge in [0, 0.05) is 16.1 Å². The molecule has 0 aliphatic rings. The zero-order valence-electron chi connectivity index (χ0n) is 20.3. The lowest BCUT2D eigenvalue weighted by Crippen LogP contribution is -2.17. The van der Waals surface area contributed by atoms with Crippen LogP contribution in [0.4, 0.5) is 10.5 Å². The summed E-state index contributed by atoms with van der Waals surface area (Å²) in [5, 5.41) is 24.3. The third-order valence-corrected chi connectivity index (χ3v) is 6.34. The fraction of sp³-hybridized carbons (Fsp3) is 0.148. The van der Waals surface area contributed by atoms with E-state index in [0.29, 0.717) is 44.1 Å². The number of amides is 1. The second-order valence-corrected chi connectivity index (χ2v) is 8.96. The van der Waals surface area contributed by atoms with Gasteiger partial charge in [0.1, 0.15) is 28.5 Å². The van der Waals surface area contributed by atoms with Crippen LogP contribution in [0.25, 0.3) is 33.5 Å². The molecule has 0 saturated carbocycles. The van der Waals surface area contributed by atoms with E-state index in [2.05, 4.69) is 20.8 Å². The first-order valence-corrected chi connectivity index (χ1v) is 11.9. The van der Waals surface area contributed by atoms with Crippen LogP contribution in [0.5, 0.6) is 0 Å². The molecule has 5 rings (SSSR count). The Bertz CT molecular complexity index is 1640. The Kier molecular flexibility index (Phi) is 6.80. The van der Waals surface area contributed by atoms with E-state index in [1.807, 2.05) is 24.3 Å². The number of fused-ring (bicyclic) bond motifs is 1. The van der Waals surface area contributed by atoms with Gasteiger partial charge in [0.05, 0.1) is 12.0 Å². The number of aryl methyl sites for hydroxylation is 1. The average molecular weight is 533 g/mol. The number of hydrogen-bond donors (Lipinski definition) is 2. The van der Waals surface area contributed by atoms with E-state index in [0.717, 1.165) is 11.1 Å². The Balaban J connectivity index is 1.43. The van der Waals surface area contributed by atoms with Crippen LogP contribution >= 0.6 is 11.6 Å². The largest absolute Gasteiger partial charge is 0.481 e. The van der Waals surface area contributed by atoms with E-state index < -0.39 is 18.2 Å². The zero-order valence-corrected chi connectivity index (χ0v) is 21.0. The second-order valence-electron chi connectivity index (χ2n) is 8.56. The number of benzene rings is 3. The minimum Gasteiger partial charge on any atom is -0.481 e. The van der Waals surface area contributed by atoms with Crippen molar-refractivity contribution in [2.75, 3.05) is 5.32 Å². The lowest BCUT2D eigenvalue weighted by atomic mass is 9.98. The average Bonchev–Trinajstić information content (AvgIpc) is 3.51. The topological polar surface area (TPSA) is 141 Å². The van der Waals surface area contributed by atoms with Crippen molar-refractivity contribution in [1.29, 1.82) is 0 Å². The molecule has 192 valence electrons. The molecule has 38 heavy (non-hydrogen) atoms. The Labute approximate surface area is 221 Å². The molecule has 1 unspecified atom stereocenters. The summed E-state index contributed by atoms with van der Waals surface area (Å²) in [6, 6.07) is 17.8. The summed E-state index contributed by atoms with van der Waals surface area (Å²) < 4.78 is 16.1. The number of hydrogen-bond acceptors (Lipinski definition) is 8. The Morgan fingerprint density at radius 1 is 1.00 bits per heavy atom. The third kappa shape index (κ3) is 4.94. The quantitative estimate of drug-likeness (QED) is 0.242. The number of nitrogens with zero attached hydrogens (tertiary/aromatic N) is 3. The molecule has 10 nitrogen and oxygen atoms in total. The predicted octanol–water partition coefficient (Wildman–Crippen LogP) is 6.44. The molecule has 5 aromatic rings. The maximum Gasteiger partial charge on any atom is 0.412 e. The van der Waals surface area contributed by atoms with Gasteiger partial charge in [-0.1, -0.05) is 65.3 Å². The highest BCUT2D eigenvalue weighted by Crippen LogP contribution is 2.38. The summed E-state index contributed by atoms with van der Waals surface area (Å²) in [7, 11) is 0. The fourth-order valence-corrected chi connectivity index (χ4v) is 4.41. The lowest BCUT2D eigenvalue weighted by molar-refractivity contribution is -0.136. The smallest absolute Gasteiger partial charge is 0.412 e. The van der Waals surface area contributed by atoms with Crippen molar-refractivity contribution >= 4 is 40.4 Å². The first-order chi connectivity index (χ1) is 18.3. The maximum absolute atomic E-state index is 12.8. The molecule has 0 radical (unpaired) electrons. The number of ether oxygens (including phenoxy) is 1. The molecule has 0 spiro atoms. The van der Waals surface area contributed by atoms with Crippen LogP contribution in [0.15, 0.2) is 69.8 Å². The van der Waals surface area contributed by atoms with Crippen LogP contribution in [0, 0.1) is 6.92 Å². The van der Waals surface area contributed by atoms with Crippen LogP contribution < -0.4 is 5.32 Å². The number of carboxylic acids is 1. The molecule has 2 heterocycles. The molecule has 2 N–H and O–H groups in total. The molecule has 0 aliphatic carbocycles. The molecule has 0 aliphatic heterocycles. The summed E-state index contributed by atoms with van der Waals surface area (Å²) in [5.74, 6) is -0.645. The number of aliphatic carboxylic acids is 1. The van der Waals surface area contributed by atoms with Crippen LogP contribution in [-0.2, 0) is 16.0 Å². The molecule has 2 aromatic heterocycles. The second kappa shape index (κ2) is 10.3. The van der Waals surface area contributed by atoms with Gasteiger partial charge >= 0.3 is 12.1 Å². The van der Waals surface area contributed by atoms with Gasteiger partial charge in [0.15, 0.2) is 5.76 Å². The highest BCUT2D eigenvalue weighted by atomic mass is 35.5. The molecule has 1 atom stereocenters. The van der Waals surface area contributed by atoms with Gasteiger partial charge in [0.2, 0.25) is 0 Å². The lowest BCUT2D eigenvalue weighted by Gasteiger charge is -2.15. The molecular formula is C27H21ClN4O6. The van der Waals surface area contributed by atoms with Gasteiger partial charge in [-0.25, -0.2) is 9.42 Å². The summed E-state index contributed by atoms with van der Waals surface area (Å²) >= 11 is 6.22. The van der Waals surface area contributed by atoms with Crippen LogP contribution in [0.1, 0.15) is 29.8 Å². The molecule has 0 saturated heterocycles. The fourth-order valence-electron chi connectivity index (χ4n) is 4.12. The number of anilines is 1. The number of carbonyl (C=O) groups excluding carboxylic acids is 1. The van der Waals surface area contributed by atoms with Gasteiger partial charge in [-0.2, -0.15) is 0 Å². The zero-order chi connectivity index (χ0) is 26.8. The van der Waals surface area contributed by atoms with Crippen molar-refractivity contribution in [3.05, 3.63) is 82.5 Å². The third-order valence-electron chi connectivity index (χ3n) is 6.00. The van der Waals surface area contributed by atoms with Gasteiger partial charge in [0.25, 0.3) is 0 Å². The molecule has 0 bridgehead atoms. The number of halogens is 1. The van der Waals surface area contributed by atoms with Crippen molar-refractivity contribution in [2.45, 2.75) is 26.4 Å². The van der Waals surface area contributed by atoms with E-state index >= 15 is 0 Å². The number of aromatic nitrogens is 3. The number of nitrogens with one attached hydrogen (secondary N) is 1. The molecular weight excluding hydrogens is 512 g/mol. The monoisotopic (exact) mass is 532 g/mol. The van der Waals surface area contributed by atoms with E-state index in [1.165, 1.54) is 0 Å². The molecule has 0 fully saturated rings.